The molecule has 0 spiro atoms. The standard InChI is InChI=1S/C16H19BrN4/c1-20-6-8-21(9-7-20)14-4-2-12(3-5-14)15-10-13(17)11-19-16(15)18/h2-5,10-11H,6-9H2,1H3,(H2,18,19). The minimum Gasteiger partial charge on any atom is -0.383 e. The normalized spacial score (nSPS) is 16.2. The highest BCUT2D eigenvalue weighted by atomic mass is 79.9. The van der Waals surface area contributed by atoms with E-state index in [0.29, 0.717) is 5.82 Å². The molecule has 0 atom stereocenters. The summed E-state index contributed by atoms with van der Waals surface area (Å²) in [5.41, 5.74) is 9.30. The number of nitrogen functional groups attached to an aromatic ring is 1. The highest BCUT2D eigenvalue weighted by Crippen LogP contribution is 2.29. The fourth-order valence-electron chi connectivity index (χ4n) is 2.60. The van der Waals surface area contributed by atoms with Crippen LogP contribution in [0, 0.1) is 0 Å². The molecule has 1 aromatic carbocycles. The Morgan fingerprint density at radius 1 is 1.10 bits per heavy atom. The third kappa shape index (κ3) is 3.19. The van der Waals surface area contributed by atoms with Gasteiger partial charge < -0.3 is 15.5 Å². The zero-order valence-electron chi connectivity index (χ0n) is 12.1. The van der Waals surface area contributed by atoms with Crippen molar-refractivity contribution in [3.63, 3.8) is 0 Å². The van der Waals surface area contributed by atoms with Crippen LogP contribution in [0.2, 0.25) is 0 Å². The zero-order valence-corrected chi connectivity index (χ0v) is 13.7. The number of benzene rings is 1. The lowest BCUT2D eigenvalue weighted by atomic mass is 10.1. The first-order valence-corrected chi connectivity index (χ1v) is 7.88. The van der Waals surface area contributed by atoms with Gasteiger partial charge in [-0.15, -0.1) is 0 Å². The molecule has 2 N–H and O–H groups in total. The van der Waals surface area contributed by atoms with Crippen LogP contribution in [-0.2, 0) is 0 Å². The van der Waals surface area contributed by atoms with Gasteiger partial charge in [-0.3, -0.25) is 0 Å². The molecule has 21 heavy (non-hydrogen) atoms. The van der Waals surface area contributed by atoms with Crippen molar-refractivity contribution >= 4 is 27.4 Å². The summed E-state index contributed by atoms with van der Waals surface area (Å²) in [5, 5.41) is 0. The lowest BCUT2D eigenvalue weighted by Crippen LogP contribution is -2.44. The van der Waals surface area contributed by atoms with Crippen LogP contribution in [0.15, 0.2) is 41.0 Å². The molecule has 2 heterocycles. The second-order valence-corrected chi connectivity index (χ2v) is 6.34. The SMILES string of the molecule is CN1CCN(c2ccc(-c3cc(Br)cnc3N)cc2)CC1. The molecule has 0 unspecified atom stereocenters. The first-order valence-electron chi connectivity index (χ1n) is 7.08. The Labute approximate surface area is 133 Å². The predicted molar refractivity (Wildman–Crippen MR) is 91.5 cm³/mol. The van der Waals surface area contributed by atoms with Crippen molar-refractivity contribution < 1.29 is 0 Å². The number of hydrogen-bond acceptors (Lipinski definition) is 4. The average Bonchev–Trinajstić information content (AvgIpc) is 2.51. The third-order valence-corrected chi connectivity index (χ3v) is 4.37. The zero-order chi connectivity index (χ0) is 14.8. The van der Waals surface area contributed by atoms with E-state index in [1.54, 1.807) is 6.20 Å². The molecular formula is C16H19BrN4. The van der Waals surface area contributed by atoms with E-state index in [-0.39, 0.29) is 0 Å². The number of piperazine rings is 1. The monoisotopic (exact) mass is 346 g/mol. The predicted octanol–water partition coefficient (Wildman–Crippen LogP) is 2.85. The molecule has 1 saturated heterocycles. The Morgan fingerprint density at radius 2 is 1.76 bits per heavy atom. The molecule has 3 rings (SSSR count). The first kappa shape index (κ1) is 14.4. The molecule has 5 heteroatoms. The average molecular weight is 347 g/mol. The maximum absolute atomic E-state index is 5.97. The molecular weight excluding hydrogens is 328 g/mol. The van der Waals surface area contributed by atoms with E-state index in [0.717, 1.165) is 41.8 Å². The molecule has 4 nitrogen and oxygen atoms in total. The van der Waals surface area contributed by atoms with E-state index in [1.165, 1.54) is 5.69 Å². The van der Waals surface area contributed by atoms with Crippen LogP contribution in [0.4, 0.5) is 11.5 Å². The summed E-state index contributed by atoms with van der Waals surface area (Å²) in [6, 6.07) is 10.6. The Hall–Kier alpha value is -1.59. The summed E-state index contributed by atoms with van der Waals surface area (Å²) in [4.78, 5) is 8.97. The van der Waals surface area contributed by atoms with Gasteiger partial charge in [0.05, 0.1) is 0 Å². The summed E-state index contributed by atoms with van der Waals surface area (Å²) in [5.74, 6) is 0.561. The van der Waals surface area contributed by atoms with Crippen LogP contribution in [0.25, 0.3) is 11.1 Å². The van der Waals surface area contributed by atoms with Crippen molar-refractivity contribution in [3.8, 4) is 11.1 Å². The molecule has 110 valence electrons. The van der Waals surface area contributed by atoms with Gasteiger partial charge in [-0.1, -0.05) is 12.1 Å². The number of anilines is 2. The quantitative estimate of drug-likeness (QED) is 0.908. The topological polar surface area (TPSA) is 45.4 Å². The van der Waals surface area contributed by atoms with E-state index in [9.17, 15) is 0 Å². The number of nitrogens with two attached hydrogens (primary N) is 1. The van der Waals surface area contributed by atoms with Crippen LogP contribution in [0.5, 0.6) is 0 Å². The summed E-state index contributed by atoms with van der Waals surface area (Å²) in [6.45, 7) is 4.39. The van der Waals surface area contributed by atoms with E-state index in [1.807, 2.05) is 6.07 Å². The Morgan fingerprint density at radius 3 is 2.43 bits per heavy atom. The molecule has 2 aromatic rings. The van der Waals surface area contributed by atoms with Gasteiger partial charge in [0, 0.05) is 48.1 Å². The van der Waals surface area contributed by atoms with Crippen molar-refractivity contribution in [3.05, 3.63) is 41.0 Å². The van der Waals surface area contributed by atoms with Gasteiger partial charge in [0.1, 0.15) is 5.82 Å². The summed E-state index contributed by atoms with van der Waals surface area (Å²) in [6.07, 6.45) is 1.72. The van der Waals surface area contributed by atoms with Gasteiger partial charge in [0.25, 0.3) is 0 Å². The number of hydrogen-bond donors (Lipinski definition) is 1. The van der Waals surface area contributed by atoms with Crippen molar-refractivity contribution in [2.24, 2.45) is 0 Å². The second kappa shape index (κ2) is 6.03. The Balaban J connectivity index is 1.82. The van der Waals surface area contributed by atoms with Gasteiger partial charge in [0.2, 0.25) is 0 Å². The smallest absolute Gasteiger partial charge is 0.131 e. The molecule has 0 bridgehead atoms. The maximum atomic E-state index is 5.97. The van der Waals surface area contributed by atoms with Gasteiger partial charge >= 0.3 is 0 Å². The second-order valence-electron chi connectivity index (χ2n) is 5.42. The van der Waals surface area contributed by atoms with Crippen LogP contribution >= 0.6 is 15.9 Å². The van der Waals surface area contributed by atoms with Gasteiger partial charge in [0.15, 0.2) is 0 Å². The van der Waals surface area contributed by atoms with Crippen LogP contribution < -0.4 is 10.6 Å². The molecule has 1 aliphatic rings. The summed E-state index contributed by atoms with van der Waals surface area (Å²) in [7, 11) is 2.17. The number of rotatable bonds is 2. The lowest BCUT2D eigenvalue weighted by molar-refractivity contribution is 0.313. The number of pyridine rings is 1. The van der Waals surface area contributed by atoms with Crippen molar-refractivity contribution in [2.45, 2.75) is 0 Å². The number of aromatic nitrogens is 1. The van der Waals surface area contributed by atoms with E-state index >= 15 is 0 Å². The molecule has 0 amide bonds. The third-order valence-electron chi connectivity index (χ3n) is 3.93. The minimum absolute atomic E-state index is 0.561. The highest BCUT2D eigenvalue weighted by molar-refractivity contribution is 9.10. The summed E-state index contributed by atoms with van der Waals surface area (Å²) >= 11 is 3.45. The number of halogens is 1. The fraction of sp³-hybridized carbons (Fsp3) is 0.312. The van der Waals surface area contributed by atoms with E-state index in [4.69, 9.17) is 5.73 Å². The van der Waals surface area contributed by atoms with Crippen LogP contribution in [0.1, 0.15) is 0 Å². The van der Waals surface area contributed by atoms with Crippen LogP contribution in [-0.4, -0.2) is 43.1 Å². The minimum atomic E-state index is 0.561. The largest absolute Gasteiger partial charge is 0.383 e. The lowest BCUT2D eigenvalue weighted by Gasteiger charge is -2.34. The van der Waals surface area contributed by atoms with Gasteiger partial charge in [-0.25, -0.2) is 4.98 Å². The van der Waals surface area contributed by atoms with Gasteiger partial charge in [-0.05, 0) is 46.7 Å². The Kier molecular flexibility index (Phi) is 4.12. The van der Waals surface area contributed by atoms with Crippen molar-refractivity contribution in [1.82, 2.24) is 9.88 Å². The van der Waals surface area contributed by atoms with E-state index in [2.05, 4.69) is 62.0 Å². The molecule has 0 saturated carbocycles. The first-order chi connectivity index (χ1) is 10.1. The van der Waals surface area contributed by atoms with Crippen LogP contribution in [0.3, 0.4) is 0 Å². The molecule has 0 aliphatic carbocycles. The van der Waals surface area contributed by atoms with Crippen molar-refractivity contribution in [1.29, 1.82) is 0 Å². The van der Waals surface area contributed by atoms with E-state index < -0.39 is 0 Å². The number of likely N-dealkylation sites (N-methyl/N-ethyl adjacent to an activating group) is 1. The molecule has 1 aliphatic heterocycles. The Bertz CT molecular complexity index is 619. The number of nitrogens with zero attached hydrogens (tertiary/aromatic N) is 3. The van der Waals surface area contributed by atoms with Crippen molar-refractivity contribution in [2.75, 3.05) is 43.9 Å². The maximum Gasteiger partial charge on any atom is 0.131 e. The fourth-order valence-corrected chi connectivity index (χ4v) is 2.93. The summed E-state index contributed by atoms with van der Waals surface area (Å²) < 4.78 is 0.940. The highest BCUT2D eigenvalue weighted by Gasteiger charge is 2.14. The molecule has 1 fully saturated rings. The molecule has 0 radical (unpaired) electrons. The molecule has 1 aromatic heterocycles. The van der Waals surface area contributed by atoms with Gasteiger partial charge in [-0.2, -0.15) is 0 Å².